The normalized spacial score (nSPS) is 12.2. The maximum Gasteiger partial charge on any atom is 0.0548 e. The van der Waals surface area contributed by atoms with Crippen LogP contribution in [0.4, 0.5) is 0 Å². The number of para-hydroxylation sites is 2. The van der Waals surface area contributed by atoms with E-state index in [0.29, 0.717) is 0 Å². The minimum atomic E-state index is 1.17. The maximum absolute atomic E-state index is 2.48. The van der Waals surface area contributed by atoms with E-state index in [1.807, 2.05) is 0 Å². The lowest BCUT2D eigenvalue weighted by molar-refractivity contribution is 1.18. The van der Waals surface area contributed by atoms with Crippen molar-refractivity contribution in [2.75, 3.05) is 0 Å². The standard InChI is InChI=1S/C46H28N2/c1-2-14-31(15-3-1)47-39-23-7-6-19-38(39)44-33(20-10-24-40(44)47)30-13-8-16-32(28-30)48-41-25-11-22-37-35-18-5-4-17-34(35)36-21-9-12-29-26-27-42(48)46(43(29)36)45(37)41/h1-28H. The van der Waals surface area contributed by atoms with Gasteiger partial charge in [-0.2, -0.15) is 0 Å². The Hall–Kier alpha value is -6.38. The molecule has 0 radical (unpaired) electrons. The average Bonchev–Trinajstić information content (AvgIpc) is 3.64. The van der Waals surface area contributed by atoms with Gasteiger partial charge in [-0.15, -0.1) is 0 Å². The predicted octanol–water partition coefficient (Wildman–Crippen LogP) is 12.3. The van der Waals surface area contributed by atoms with Gasteiger partial charge in [-0.25, -0.2) is 0 Å². The van der Waals surface area contributed by atoms with E-state index in [4.69, 9.17) is 0 Å². The van der Waals surface area contributed by atoms with Crippen molar-refractivity contribution >= 4 is 54.4 Å². The van der Waals surface area contributed by atoms with E-state index in [9.17, 15) is 0 Å². The molecule has 2 heteroatoms. The molecule has 0 fully saturated rings. The number of benzene rings is 8. The zero-order valence-corrected chi connectivity index (χ0v) is 26.1. The molecule has 2 heterocycles. The van der Waals surface area contributed by atoms with Crippen molar-refractivity contribution < 1.29 is 0 Å². The largest absolute Gasteiger partial charge is 0.309 e. The lowest BCUT2D eigenvalue weighted by Gasteiger charge is -2.14. The molecular weight excluding hydrogens is 581 g/mol. The predicted molar refractivity (Wildman–Crippen MR) is 202 cm³/mol. The van der Waals surface area contributed by atoms with E-state index in [2.05, 4.69) is 179 Å². The molecule has 1 aliphatic carbocycles. The zero-order valence-electron chi connectivity index (χ0n) is 26.1. The smallest absolute Gasteiger partial charge is 0.0548 e. The summed E-state index contributed by atoms with van der Waals surface area (Å²) in [7, 11) is 0. The summed E-state index contributed by atoms with van der Waals surface area (Å²) in [5.41, 5.74) is 14.9. The molecule has 0 aliphatic heterocycles. The van der Waals surface area contributed by atoms with E-state index >= 15 is 0 Å². The summed E-state index contributed by atoms with van der Waals surface area (Å²) in [6.07, 6.45) is 0. The first-order chi connectivity index (χ1) is 23.8. The summed E-state index contributed by atoms with van der Waals surface area (Å²) < 4.78 is 4.88. The molecule has 2 aromatic heterocycles. The molecule has 222 valence electrons. The van der Waals surface area contributed by atoms with Crippen LogP contribution in [0.15, 0.2) is 170 Å². The number of nitrogens with zero attached hydrogens (tertiary/aromatic N) is 2. The summed E-state index contributed by atoms with van der Waals surface area (Å²) in [4.78, 5) is 0. The quantitative estimate of drug-likeness (QED) is 0.189. The minimum absolute atomic E-state index is 1.17. The van der Waals surface area contributed by atoms with E-state index < -0.39 is 0 Å². The number of aromatic nitrogens is 2. The molecule has 0 atom stereocenters. The highest BCUT2D eigenvalue weighted by molar-refractivity contribution is 6.30. The molecule has 0 bridgehead atoms. The molecule has 2 nitrogen and oxygen atoms in total. The molecule has 0 saturated heterocycles. The summed E-state index contributed by atoms with van der Waals surface area (Å²) in [5.74, 6) is 0. The fourth-order valence-corrected chi connectivity index (χ4v) is 8.53. The topological polar surface area (TPSA) is 9.86 Å². The van der Waals surface area contributed by atoms with Crippen molar-refractivity contribution in [2.45, 2.75) is 0 Å². The first-order valence-electron chi connectivity index (χ1n) is 16.6. The third-order valence-electron chi connectivity index (χ3n) is 10.4. The Morgan fingerprint density at radius 3 is 1.69 bits per heavy atom. The van der Waals surface area contributed by atoms with E-state index in [1.165, 1.54) is 99.1 Å². The van der Waals surface area contributed by atoms with Crippen LogP contribution in [0.2, 0.25) is 0 Å². The SMILES string of the molecule is c1ccc(-n2c3ccccc3c3c(-c4cccc(-n5c6cccc7c6c6c8c(cccc8ccc65)-c5ccccc5-7)c4)cccc32)cc1. The van der Waals surface area contributed by atoms with E-state index in [1.54, 1.807) is 0 Å². The molecule has 48 heavy (non-hydrogen) atoms. The average molecular weight is 609 g/mol. The second-order valence-corrected chi connectivity index (χ2v) is 12.9. The Balaban J connectivity index is 1.21. The Kier molecular flexibility index (Phi) is 5.14. The van der Waals surface area contributed by atoms with Gasteiger partial charge in [0.1, 0.15) is 0 Å². The zero-order chi connectivity index (χ0) is 31.3. The molecule has 1 aliphatic rings. The van der Waals surface area contributed by atoms with Crippen LogP contribution in [0.25, 0.3) is 99.1 Å². The van der Waals surface area contributed by atoms with Crippen molar-refractivity contribution in [3.8, 4) is 44.8 Å². The highest BCUT2D eigenvalue weighted by atomic mass is 15.0. The molecule has 0 spiro atoms. The van der Waals surface area contributed by atoms with Crippen LogP contribution in [-0.4, -0.2) is 9.13 Å². The molecule has 0 saturated carbocycles. The second kappa shape index (κ2) is 9.57. The maximum atomic E-state index is 2.48. The lowest BCUT2D eigenvalue weighted by atomic mass is 9.93. The first kappa shape index (κ1) is 25.8. The highest BCUT2D eigenvalue weighted by Crippen LogP contribution is 2.49. The Morgan fingerprint density at radius 1 is 0.292 bits per heavy atom. The van der Waals surface area contributed by atoms with Crippen LogP contribution in [0.5, 0.6) is 0 Å². The highest BCUT2D eigenvalue weighted by Gasteiger charge is 2.24. The van der Waals surface area contributed by atoms with Crippen molar-refractivity contribution in [3.05, 3.63) is 170 Å². The summed E-state index contributed by atoms with van der Waals surface area (Å²) >= 11 is 0. The van der Waals surface area contributed by atoms with Gasteiger partial charge in [0, 0.05) is 32.9 Å². The molecule has 10 aromatic rings. The van der Waals surface area contributed by atoms with Gasteiger partial charge >= 0.3 is 0 Å². The van der Waals surface area contributed by atoms with Crippen LogP contribution in [0.3, 0.4) is 0 Å². The van der Waals surface area contributed by atoms with Crippen LogP contribution in [0, 0.1) is 0 Å². The Labute approximate surface area is 277 Å². The Bertz CT molecular complexity index is 2940. The van der Waals surface area contributed by atoms with Crippen molar-refractivity contribution in [1.82, 2.24) is 9.13 Å². The number of hydrogen-bond donors (Lipinski definition) is 0. The number of fused-ring (bicyclic) bond motifs is 6. The number of rotatable bonds is 3. The molecule has 11 rings (SSSR count). The van der Waals surface area contributed by atoms with E-state index in [0.717, 1.165) is 0 Å². The van der Waals surface area contributed by atoms with Gasteiger partial charge in [-0.05, 0) is 92.7 Å². The second-order valence-electron chi connectivity index (χ2n) is 12.9. The molecule has 0 N–H and O–H groups in total. The van der Waals surface area contributed by atoms with Gasteiger partial charge in [-0.1, -0.05) is 121 Å². The van der Waals surface area contributed by atoms with Gasteiger partial charge in [-0.3, -0.25) is 0 Å². The fraction of sp³-hybridized carbons (Fsp3) is 0. The van der Waals surface area contributed by atoms with Crippen molar-refractivity contribution in [2.24, 2.45) is 0 Å². The third-order valence-corrected chi connectivity index (χ3v) is 10.4. The fourth-order valence-electron chi connectivity index (χ4n) is 8.53. The Morgan fingerprint density at radius 2 is 0.854 bits per heavy atom. The lowest BCUT2D eigenvalue weighted by Crippen LogP contribution is -1.95. The molecule has 8 aromatic carbocycles. The summed E-state index contributed by atoms with van der Waals surface area (Å²) in [5, 5.41) is 7.82. The van der Waals surface area contributed by atoms with Crippen LogP contribution in [-0.2, 0) is 0 Å². The van der Waals surface area contributed by atoms with Crippen LogP contribution >= 0.6 is 0 Å². The number of hydrogen-bond acceptors (Lipinski definition) is 0. The van der Waals surface area contributed by atoms with Gasteiger partial charge in [0.2, 0.25) is 0 Å². The van der Waals surface area contributed by atoms with Crippen molar-refractivity contribution in [1.29, 1.82) is 0 Å². The van der Waals surface area contributed by atoms with Gasteiger partial charge < -0.3 is 9.13 Å². The third kappa shape index (κ3) is 3.36. The van der Waals surface area contributed by atoms with Gasteiger partial charge in [0.25, 0.3) is 0 Å². The minimum Gasteiger partial charge on any atom is -0.309 e. The van der Waals surface area contributed by atoms with Crippen LogP contribution < -0.4 is 0 Å². The van der Waals surface area contributed by atoms with E-state index in [-0.39, 0.29) is 0 Å². The molecule has 0 unspecified atom stereocenters. The van der Waals surface area contributed by atoms with Crippen LogP contribution in [0.1, 0.15) is 0 Å². The summed E-state index contributed by atoms with van der Waals surface area (Å²) in [6, 6.07) is 62.4. The first-order valence-corrected chi connectivity index (χ1v) is 16.6. The van der Waals surface area contributed by atoms with Gasteiger partial charge in [0.15, 0.2) is 0 Å². The molecular formula is C46H28N2. The van der Waals surface area contributed by atoms with Crippen molar-refractivity contribution in [3.63, 3.8) is 0 Å². The monoisotopic (exact) mass is 608 g/mol. The van der Waals surface area contributed by atoms with Gasteiger partial charge in [0.05, 0.1) is 22.1 Å². The molecule has 0 amide bonds. The summed E-state index contributed by atoms with van der Waals surface area (Å²) in [6.45, 7) is 0.